The fraction of sp³-hybridized carbons (Fsp3) is 0.333. The Morgan fingerprint density at radius 1 is 1.04 bits per heavy atom. The van der Waals surface area contributed by atoms with Gasteiger partial charge in [-0.15, -0.1) is 0 Å². The normalized spacial score (nSPS) is 15.4. The highest BCUT2D eigenvalue weighted by Crippen LogP contribution is 2.29. The van der Waals surface area contributed by atoms with E-state index in [1.54, 1.807) is 0 Å². The van der Waals surface area contributed by atoms with E-state index in [9.17, 15) is 4.79 Å². The lowest BCUT2D eigenvalue weighted by atomic mass is 9.88. The maximum atomic E-state index is 12.8. The van der Waals surface area contributed by atoms with Gasteiger partial charge in [-0.2, -0.15) is 0 Å². The second-order valence-corrected chi connectivity index (χ2v) is 7.52. The summed E-state index contributed by atoms with van der Waals surface area (Å²) in [6.07, 6.45) is 5.17. The van der Waals surface area contributed by atoms with Crippen LogP contribution >= 0.6 is 0 Å². The summed E-state index contributed by atoms with van der Waals surface area (Å²) in [4.78, 5) is 14.8. The number of nitrogens with one attached hydrogen (secondary N) is 2. The molecule has 2 N–H and O–H groups in total. The van der Waals surface area contributed by atoms with Crippen molar-refractivity contribution in [2.24, 2.45) is 0 Å². The van der Waals surface area contributed by atoms with E-state index in [0.717, 1.165) is 48.2 Å². The zero-order chi connectivity index (χ0) is 20.1. The zero-order valence-electron chi connectivity index (χ0n) is 17.0. The quantitative estimate of drug-likeness (QED) is 0.754. The molecule has 0 radical (unpaired) electrons. The molecule has 1 amide bonds. The van der Waals surface area contributed by atoms with Crippen LogP contribution in [-0.4, -0.2) is 37.2 Å². The molecule has 1 heterocycles. The zero-order valence-corrected chi connectivity index (χ0v) is 17.0. The number of benzene rings is 2. The average molecular weight is 376 g/mol. The summed E-state index contributed by atoms with van der Waals surface area (Å²) in [5, 5.41) is 10.5. The van der Waals surface area contributed by atoms with Crippen molar-refractivity contribution in [2.75, 3.05) is 20.1 Å². The standard InChI is InChI=1S/C24H29N3O/c1-17-4-5-22(14-18(17)2)24(28)27-12-10-21(11-13-27)19-6-8-20(9-7-19)23(15-25)16-26-3/h4-9,14-16,21,25-26H,10-13H2,1-3H3/b23-16+,25-15?. The molecule has 1 aliphatic rings. The second kappa shape index (κ2) is 8.87. The van der Waals surface area contributed by atoms with Crippen molar-refractivity contribution in [3.8, 4) is 0 Å². The molecule has 0 aromatic heterocycles. The first-order valence-electron chi connectivity index (χ1n) is 9.88. The molecular formula is C24H29N3O. The van der Waals surface area contributed by atoms with E-state index in [-0.39, 0.29) is 5.91 Å². The maximum absolute atomic E-state index is 12.8. The number of aryl methyl sites for hydroxylation is 2. The number of carbonyl (C=O) groups is 1. The van der Waals surface area contributed by atoms with Crippen molar-refractivity contribution in [3.05, 3.63) is 76.5 Å². The molecule has 1 aliphatic heterocycles. The summed E-state index contributed by atoms with van der Waals surface area (Å²) in [5.74, 6) is 0.624. The fourth-order valence-corrected chi connectivity index (χ4v) is 3.78. The van der Waals surface area contributed by atoms with Crippen molar-refractivity contribution in [3.63, 3.8) is 0 Å². The van der Waals surface area contributed by atoms with Gasteiger partial charge in [0.25, 0.3) is 5.91 Å². The minimum absolute atomic E-state index is 0.143. The van der Waals surface area contributed by atoms with E-state index >= 15 is 0 Å². The third-order valence-corrected chi connectivity index (χ3v) is 5.71. The van der Waals surface area contributed by atoms with Crippen molar-refractivity contribution in [1.29, 1.82) is 5.41 Å². The molecule has 1 saturated heterocycles. The summed E-state index contributed by atoms with van der Waals surface area (Å²) in [6, 6.07) is 14.5. The predicted octanol–water partition coefficient (Wildman–Crippen LogP) is 4.53. The smallest absolute Gasteiger partial charge is 0.253 e. The number of hydrogen-bond donors (Lipinski definition) is 2. The van der Waals surface area contributed by atoms with Gasteiger partial charge in [0.05, 0.1) is 0 Å². The van der Waals surface area contributed by atoms with Crippen LogP contribution in [0.15, 0.2) is 48.7 Å². The Hall–Kier alpha value is -2.88. The SMILES string of the molecule is CN/C=C(\C=N)c1ccc(C2CCN(C(=O)c3ccc(C)c(C)c3)CC2)cc1. The predicted molar refractivity (Wildman–Crippen MR) is 116 cm³/mol. The molecule has 0 saturated carbocycles. The van der Waals surface area contributed by atoms with Gasteiger partial charge in [-0.25, -0.2) is 0 Å². The second-order valence-electron chi connectivity index (χ2n) is 7.52. The Balaban J connectivity index is 1.63. The van der Waals surface area contributed by atoms with Crippen LogP contribution in [-0.2, 0) is 0 Å². The molecule has 0 aliphatic carbocycles. The molecule has 0 unspecified atom stereocenters. The summed E-state index contributed by atoms with van der Waals surface area (Å²) < 4.78 is 0. The number of carbonyl (C=O) groups excluding carboxylic acids is 1. The monoisotopic (exact) mass is 375 g/mol. The molecule has 146 valence electrons. The number of hydrogen-bond acceptors (Lipinski definition) is 3. The fourth-order valence-electron chi connectivity index (χ4n) is 3.78. The molecule has 4 nitrogen and oxygen atoms in total. The van der Waals surface area contributed by atoms with Gasteiger partial charge in [0.15, 0.2) is 0 Å². The number of piperidine rings is 1. The highest BCUT2D eigenvalue weighted by molar-refractivity contribution is 6.08. The molecule has 2 aromatic rings. The van der Waals surface area contributed by atoms with E-state index in [1.165, 1.54) is 17.3 Å². The highest BCUT2D eigenvalue weighted by atomic mass is 16.2. The van der Waals surface area contributed by atoms with Crippen LogP contribution in [0.25, 0.3) is 5.57 Å². The Morgan fingerprint density at radius 3 is 2.25 bits per heavy atom. The van der Waals surface area contributed by atoms with E-state index < -0.39 is 0 Å². The lowest BCUT2D eigenvalue weighted by molar-refractivity contribution is 0.0713. The molecular weight excluding hydrogens is 346 g/mol. The number of rotatable bonds is 5. The van der Waals surface area contributed by atoms with Gasteiger partial charge >= 0.3 is 0 Å². The van der Waals surface area contributed by atoms with Crippen LogP contribution in [0.2, 0.25) is 0 Å². The van der Waals surface area contributed by atoms with Crippen molar-refractivity contribution in [2.45, 2.75) is 32.6 Å². The van der Waals surface area contributed by atoms with E-state index in [4.69, 9.17) is 5.41 Å². The van der Waals surface area contributed by atoms with Crippen molar-refractivity contribution < 1.29 is 4.79 Å². The van der Waals surface area contributed by atoms with Gasteiger partial charge < -0.3 is 15.6 Å². The van der Waals surface area contributed by atoms with E-state index in [2.05, 4.69) is 43.4 Å². The Bertz CT molecular complexity index is 875. The lowest BCUT2D eigenvalue weighted by Crippen LogP contribution is -2.37. The van der Waals surface area contributed by atoms with Gasteiger partial charge in [0.1, 0.15) is 0 Å². The average Bonchev–Trinajstić information content (AvgIpc) is 2.74. The minimum Gasteiger partial charge on any atom is -0.393 e. The van der Waals surface area contributed by atoms with Gasteiger partial charge in [-0.3, -0.25) is 4.79 Å². The third kappa shape index (κ3) is 4.33. The first-order valence-corrected chi connectivity index (χ1v) is 9.88. The Labute approximate surface area is 167 Å². The van der Waals surface area contributed by atoms with Gasteiger partial charge in [-0.05, 0) is 67.0 Å². The van der Waals surface area contributed by atoms with E-state index in [1.807, 2.05) is 36.3 Å². The van der Waals surface area contributed by atoms with Crippen LogP contribution in [0.4, 0.5) is 0 Å². The van der Waals surface area contributed by atoms with Crippen LogP contribution < -0.4 is 5.32 Å². The van der Waals surface area contributed by atoms with Gasteiger partial charge in [0, 0.05) is 43.7 Å². The summed E-state index contributed by atoms with van der Waals surface area (Å²) in [5.41, 5.74) is 6.39. The Kier molecular flexibility index (Phi) is 6.30. The minimum atomic E-state index is 0.143. The van der Waals surface area contributed by atoms with Crippen LogP contribution in [0.1, 0.15) is 51.4 Å². The molecule has 0 bridgehead atoms. The molecule has 4 heteroatoms. The highest BCUT2D eigenvalue weighted by Gasteiger charge is 2.24. The van der Waals surface area contributed by atoms with Crippen molar-refractivity contribution in [1.82, 2.24) is 10.2 Å². The summed E-state index contributed by atoms with van der Waals surface area (Å²) in [6.45, 7) is 5.71. The summed E-state index contributed by atoms with van der Waals surface area (Å²) in [7, 11) is 1.84. The first kappa shape index (κ1) is 19.9. The number of likely N-dealkylation sites (tertiary alicyclic amines) is 1. The molecule has 3 rings (SSSR count). The van der Waals surface area contributed by atoms with Gasteiger partial charge in [-0.1, -0.05) is 30.3 Å². The largest absolute Gasteiger partial charge is 0.393 e. The molecule has 0 spiro atoms. The number of nitrogens with zero attached hydrogens (tertiary/aromatic N) is 1. The summed E-state index contributed by atoms with van der Waals surface area (Å²) >= 11 is 0. The molecule has 0 atom stereocenters. The topological polar surface area (TPSA) is 56.2 Å². The molecule has 28 heavy (non-hydrogen) atoms. The van der Waals surface area contributed by atoms with Gasteiger partial charge in [0.2, 0.25) is 0 Å². The third-order valence-electron chi connectivity index (χ3n) is 5.71. The Morgan fingerprint density at radius 2 is 1.68 bits per heavy atom. The molecule has 1 fully saturated rings. The van der Waals surface area contributed by atoms with Crippen LogP contribution in [0, 0.1) is 19.3 Å². The lowest BCUT2D eigenvalue weighted by Gasteiger charge is -2.32. The van der Waals surface area contributed by atoms with Crippen LogP contribution in [0.5, 0.6) is 0 Å². The maximum Gasteiger partial charge on any atom is 0.253 e. The number of allylic oxidation sites excluding steroid dienone is 1. The van der Waals surface area contributed by atoms with E-state index in [0.29, 0.717) is 5.92 Å². The molecule has 2 aromatic carbocycles. The van der Waals surface area contributed by atoms with Crippen molar-refractivity contribution >= 4 is 17.7 Å². The first-order chi connectivity index (χ1) is 13.5. The van der Waals surface area contributed by atoms with Crippen LogP contribution in [0.3, 0.4) is 0 Å². The number of amides is 1.